The molecule has 1 aliphatic carbocycles. The molecule has 1 N–H and O–H groups in total. The van der Waals surface area contributed by atoms with Crippen molar-refractivity contribution in [2.45, 2.75) is 52.4 Å². The molecule has 0 saturated heterocycles. The van der Waals surface area contributed by atoms with Gasteiger partial charge in [-0.05, 0) is 62.3 Å². The molecule has 1 amide bonds. The van der Waals surface area contributed by atoms with Crippen LogP contribution in [0, 0.1) is 12.8 Å². The molecule has 2 rings (SSSR count). The van der Waals surface area contributed by atoms with Gasteiger partial charge in [-0.15, -0.1) is 0 Å². The van der Waals surface area contributed by atoms with Gasteiger partial charge in [0.15, 0.2) is 6.61 Å². The Bertz CT molecular complexity index is 562. The molecule has 0 bridgehead atoms. The van der Waals surface area contributed by atoms with Crippen LogP contribution in [0.25, 0.3) is 0 Å². The van der Waals surface area contributed by atoms with E-state index >= 15 is 0 Å². The van der Waals surface area contributed by atoms with E-state index in [1.807, 2.05) is 13.0 Å². The van der Waals surface area contributed by atoms with Gasteiger partial charge < -0.3 is 4.74 Å². The molecule has 5 heteroatoms. The zero-order valence-electron chi connectivity index (χ0n) is 13.9. The van der Waals surface area contributed by atoms with Crippen molar-refractivity contribution in [1.29, 1.82) is 0 Å². The SMILES string of the molecule is CCCC1CCC(=NNC(=O)COc2ccc(Cl)cc2C)CC1. The van der Waals surface area contributed by atoms with Crippen molar-refractivity contribution in [2.75, 3.05) is 6.61 Å². The van der Waals surface area contributed by atoms with Gasteiger partial charge in [-0.2, -0.15) is 5.10 Å². The Kier molecular flexibility index (Phi) is 6.90. The summed E-state index contributed by atoms with van der Waals surface area (Å²) in [6, 6.07) is 5.33. The molecule has 23 heavy (non-hydrogen) atoms. The first kappa shape index (κ1) is 17.8. The molecule has 0 aromatic heterocycles. The zero-order chi connectivity index (χ0) is 16.7. The summed E-state index contributed by atoms with van der Waals surface area (Å²) in [6.07, 6.45) is 6.89. The molecule has 0 atom stereocenters. The third-order valence-corrected chi connectivity index (χ3v) is 4.45. The monoisotopic (exact) mass is 336 g/mol. The summed E-state index contributed by atoms with van der Waals surface area (Å²) in [6.45, 7) is 4.08. The van der Waals surface area contributed by atoms with Crippen LogP contribution in [-0.2, 0) is 4.79 Å². The van der Waals surface area contributed by atoms with Gasteiger partial charge >= 0.3 is 0 Å². The molecule has 1 fully saturated rings. The van der Waals surface area contributed by atoms with E-state index in [2.05, 4.69) is 17.5 Å². The molecular formula is C18H25ClN2O2. The van der Waals surface area contributed by atoms with E-state index < -0.39 is 0 Å². The Morgan fingerprint density at radius 1 is 1.39 bits per heavy atom. The van der Waals surface area contributed by atoms with Crippen LogP contribution in [0.3, 0.4) is 0 Å². The van der Waals surface area contributed by atoms with Crippen LogP contribution in [0.5, 0.6) is 5.75 Å². The minimum absolute atomic E-state index is 0.0439. The second-order valence-electron chi connectivity index (χ2n) is 6.14. The van der Waals surface area contributed by atoms with E-state index in [9.17, 15) is 4.79 Å². The van der Waals surface area contributed by atoms with E-state index in [4.69, 9.17) is 16.3 Å². The number of aryl methyl sites for hydroxylation is 1. The molecule has 0 radical (unpaired) electrons. The number of amides is 1. The molecule has 1 aromatic rings. The first-order valence-electron chi connectivity index (χ1n) is 8.31. The second-order valence-corrected chi connectivity index (χ2v) is 6.58. The molecule has 4 nitrogen and oxygen atoms in total. The predicted octanol–water partition coefficient (Wildman–Crippen LogP) is 4.49. The number of hydrogen-bond donors (Lipinski definition) is 1. The fourth-order valence-electron chi connectivity index (χ4n) is 2.91. The second kappa shape index (κ2) is 8.92. The minimum Gasteiger partial charge on any atom is -0.483 e. The summed E-state index contributed by atoms with van der Waals surface area (Å²) in [7, 11) is 0. The van der Waals surface area contributed by atoms with Gasteiger partial charge in [0.05, 0.1) is 0 Å². The highest BCUT2D eigenvalue weighted by molar-refractivity contribution is 6.30. The summed E-state index contributed by atoms with van der Waals surface area (Å²) >= 11 is 5.89. The Morgan fingerprint density at radius 2 is 2.13 bits per heavy atom. The van der Waals surface area contributed by atoms with Gasteiger partial charge in [0.25, 0.3) is 5.91 Å². The Hall–Kier alpha value is -1.55. The fraction of sp³-hybridized carbons (Fsp3) is 0.556. The number of rotatable bonds is 6. The number of benzene rings is 1. The fourth-order valence-corrected chi connectivity index (χ4v) is 3.14. The maximum atomic E-state index is 11.8. The first-order chi connectivity index (χ1) is 11.1. The number of carbonyl (C=O) groups excluding carboxylic acids is 1. The number of hydrogen-bond acceptors (Lipinski definition) is 3. The van der Waals surface area contributed by atoms with Crippen molar-refractivity contribution in [3.8, 4) is 5.75 Å². The lowest BCUT2D eigenvalue weighted by molar-refractivity contribution is -0.123. The topological polar surface area (TPSA) is 50.7 Å². The standard InChI is InChI=1S/C18H25ClN2O2/c1-3-4-14-5-8-16(9-6-14)20-21-18(22)12-23-17-10-7-15(19)11-13(17)2/h7,10-11,14H,3-6,8-9,12H2,1-2H3,(H,21,22). The number of carbonyl (C=O) groups is 1. The maximum absolute atomic E-state index is 11.8. The smallest absolute Gasteiger partial charge is 0.277 e. The average molecular weight is 337 g/mol. The lowest BCUT2D eigenvalue weighted by Crippen LogP contribution is -2.27. The van der Waals surface area contributed by atoms with Crippen LogP contribution in [0.4, 0.5) is 0 Å². The number of nitrogens with one attached hydrogen (secondary N) is 1. The molecule has 1 aromatic carbocycles. The summed E-state index contributed by atoms with van der Waals surface area (Å²) in [5, 5.41) is 4.90. The first-order valence-corrected chi connectivity index (χ1v) is 8.69. The molecule has 0 aliphatic heterocycles. The Morgan fingerprint density at radius 3 is 2.78 bits per heavy atom. The van der Waals surface area contributed by atoms with Crippen LogP contribution in [-0.4, -0.2) is 18.2 Å². The molecule has 0 unspecified atom stereocenters. The quantitative estimate of drug-likeness (QED) is 0.778. The largest absolute Gasteiger partial charge is 0.483 e. The average Bonchev–Trinajstić information content (AvgIpc) is 2.54. The van der Waals surface area contributed by atoms with E-state index in [1.165, 1.54) is 25.7 Å². The summed E-state index contributed by atoms with van der Waals surface area (Å²) in [5.41, 5.74) is 4.60. The van der Waals surface area contributed by atoms with E-state index in [-0.39, 0.29) is 12.5 Å². The molecule has 0 heterocycles. The van der Waals surface area contributed by atoms with Crippen LogP contribution in [0.2, 0.25) is 5.02 Å². The minimum atomic E-state index is -0.234. The van der Waals surface area contributed by atoms with Gasteiger partial charge in [-0.1, -0.05) is 31.4 Å². The number of hydrazone groups is 1. The highest BCUT2D eigenvalue weighted by Gasteiger charge is 2.17. The van der Waals surface area contributed by atoms with Crippen LogP contribution < -0.4 is 10.2 Å². The van der Waals surface area contributed by atoms with Gasteiger partial charge in [0, 0.05) is 10.7 Å². The predicted molar refractivity (Wildman–Crippen MR) is 94.1 cm³/mol. The van der Waals surface area contributed by atoms with Gasteiger partial charge in [-0.25, -0.2) is 5.43 Å². The van der Waals surface area contributed by atoms with Crippen LogP contribution in [0.15, 0.2) is 23.3 Å². The molecule has 0 spiro atoms. The highest BCUT2D eigenvalue weighted by Crippen LogP contribution is 2.26. The van der Waals surface area contributed by atoms with Crippen molar-refractivity contribution < 1.29 is 9.53 Å². The van der Waals surface area contributed by atoms with Crippen molar-refractivity contribution >= 4 is 23.2 Å². The number of halogens is 1. The van der Waals surface area contributed by atoms with E-state index in [0.717, 1.165) is 30.0 Å². The Labute approximate surface area is 143 Å². The molecular weight excluding hydrogens is 312 g/mol. The van der Waals surface area contributed by atoms with Crippen LogP contribution >= 0.6 is 11.6 Å². The maximum Gasteiger partial charge on any atom is 0.277 e. The lowest BCUT2D eigenvalue weighted by atomic mass is 9.85. The van der Waals surface area contributed by atoms with E-state index in [0.29, 0.717) is 10.8 Å². The van der Waals surface area contributed by atoms with Crippen molar-refractivity contribution in [2.24, 2.45) is 11.0 Å². The van der Waals surface area contributed by atoms with Gasteiger partial charge in [0.2, 0.25) is 0 Å². The van der Waals surface area contributed by atoms with Gasteiger partial charge in [-0.3, -0.25) is 4.79 Å². The van der Waals surface area contributed by atoms with Crippen molar-refractivity contribution in [3.63, 3.8) is 0 Å². The molecule has 1 aliphatic rings. The lowest BCUT2D eigenvalue weighted by Gasteiger charge is -2.22. The third kappa shape index (κ3) is 5.87. The molecule has 1 saturated carbocycles. The number of ether oxygens (including phenoxy) is 1. The van der Waals surface area contributed by atoms with Crippen molar-refractivity contribution in [1.82, 2.24) is 5.43 Å². The van der Waals surface area contributed by atoms with Crippen molar-refractivity contribution in [3.05, 3.63) is 28.8 Å². The summed E-state index contributed by atoms with van der Waals surface area (Å²) in [4.78, 5) is 11.8. The normalized spacial score (nSPS) is 17.7. The molecule has 126 valence electrons. The number of nitrogens with zero attached hydrogens (tertiary/aromatic N) is 1. The summed E-state index contributed by atoms with van der Waals surface area (Å²) < 4.78 is 5.50. The van der Waals surface area contributed by atoms with Gasteiger partial charge in [0.1, 0.15) is 5.75 Å². The zero-order valence-corrected chi connectivity index (χ0v) is 14.7. The third-order valence-electron chi connectivity index (χ3n) is 4.21. The highest BCUT2D eigenvalue weighted by atomic mass is 35.5. The Balaban J connectivity index is 1.74. The van der Waals surface area contributed by atoms with E-state index in [1.54, 1.807) is 12.1 Å². The van der Waals surface area contributed by atoms with Crippen LogP contribution in [0.1, 0.15) is 51.0 Å². The summed E-state index contributed by atoms with van der Waals surface area (Å²) in [5.74, 6) is 1.26.